The predicted octanol–water partition coefficient (Wildman–Crippen LogP) is 1.35. The largest absolute Gasteiger partial charge is 0.379 e. The minimum Gasteiger partial charge on any atom is -0.379 e. The number of aromatic nitrogens is 2. The fraction of sp³-hybridized carbons (Fsp3) is 0.727. The van der Waals surface area contributed by atoms with Gasteiger partial charge in [-0.3, -0.25) is 4.79 Å². The lowest BCUT2D eigenvalue weighted by atomic mass is 9.84. The van der Waals surface area contributed by atoms with Crippen molar-refractivity contribution < 1.29 is 9.42 Å². The molecule has 1 atom stereocenters. The van der Waals surface area contributed by atoms with Crippen molar-refractivity contribution in [1.82, 2.24) is 15.6 Å². The van der Waals surface area contributed by atoms with E-state index in [-0.39, 0.29) is 23.5 Å². The van der Waals surface area contributed by atoms with E-state index in [2.05, 4.69) is 20.3 Å². The molecule has 1 aliphatic rings. The zero-order valence-electron chi connectivity index (χ0n) is 9.98. The smallest absolute Gasteiger partial charge is 0.277 e. The number of nitrogen functional groups attached to an aromatic ring is 1. The minimum absolute atomic E-state index is 0.0401. The first-order valence-electron chi connectivity index (χ1n) is 6.07. The summed E-state index contributed by atoms with van der Waals surface area (Å²) in [6, 6.07) is 0.138. The number of carbonyl (C=O) groups excluding carboxylic acids is 1. The molecule has 17 heavy (non-hydrogen) atoms. The fourth-order valence-corrected chi connectivity index (χ4v) is 2.38. The van der Waals surface area contributed by atoms with Gasteiger partial charge in [-0.25, -0.2) is 4.63 Å². The highest BCUT2D eigenvalue weighted by molar-refractivity contribution is 5.96. The molecule has 0 unspecified atom stereocenters. The van der Waals surface area contributed by atoms with Crippen molar-refractivity contribution in [2.24, 2.45) is 5.92 Å². The first-order valence-corrected chi connectivity index (χ1v) is 6.07. The molecule has 94 valence electrons. The van der Waals surface area contributed by atoms with Crippen molar-refractivity contribution in [2.75, 3.05) is 5.73 Å². The van der Waals surface area contributed by atoms with E-state index in [0.29, 0.717) is 5.92 Å². The maximum atomic E-state index is 11.8. The van der Waals surface area contributed by atoms with Crippen LogP contribution < -0.4 is 11.1 Å². The molecule has 0 spiro atoms. The summed E-state index contributed by atoms with van der Waals surface area (Å²) in [5.41, 5.74) is 5.54. The number of nitrogens with zero attached hydrogens (tertiary/aromatic N) is 2. The predicted molar refractivity (Wildman–Crippen MR) is 62.2 cm³/mol. The van der Waals surface area contributed by atoms with E-state index in [1.54, 1.807) is 0 Å². The van der Waals surface area contributed by atoms with E-state index in [1.165, 1.54) is 32.1 Å². The van der Waals surface area contributed by atoms with Crippen molar-refractivity contribution in [3.05, 3.63) is 5.69 Å². The Kier molecular flexibility index (Phi) is 3.61. The second kappa shape index (κ2) is 5.16. The van der Waals surface area contributed by atoms with Crippen LogP contribution in [0.3, 0.4) is 0 Å². The highest BCUT2D eigenvalue weighted by atomic mass is 16.6. The summed E-state index contributed by atoms with van der Waals surface area (Å²) in [6.07, 6.45) is 6.15. The van der Waals surface area contributed by atoms with Crippen LogP contribution >= 0.6 is 0 Å². The second-order valence-corrected chi connectivity index (χ2v) is 4.66. The number of amides is 1. The summed E-state index contributed by atoms with van der Waals surface area (Å²) in [6.45, 7) is 2.03. The first-order chi connectivity index (χ1) is 8.18. The highest BCUT2D eigenvalue weighted by Crippen LogP contribution is 2.26. The Morgan fingerprint density at radius 2 is 2.12 bits per heavy atom. The van der Waals surface area contributed by atoms with Gasteiger partial charge in [0.1, 0.15) is 0 Å². The maximum Gasteiger partial charge on any atom is 0.277 e. The Balaban J connectivity index is 1.92. The molecule has 6 heteroatoms. The first kappa shape index (κ1) is 11.9. The third-order valence-corrected chi connectivity index (χ3v) is 3.44. The summed E-state index contributed by atoms with van der Waals surface area (Å²) in [4.78, 5) is 11.8. The molecular weight excluding hydrogens is 220 g/mol. The van der Waals surface area contributed by atoms with Crippen molar-refractivity contribution in [3.8, 4) is 0 Å². The quantitative estimate of drug-likeness (QED) is 0.829. The Morgan fingerprint density at radius 3 is 2.71 bits per heavy atom. The summed E-state index contributed by atoms with van der Waals surface area (Å²) < 4.78 is 4.41. The molecule has 1 amide bonds. The molecule has 0 bridgehead atoms. The third kappa shape index (κ3) is 2.75. The summed E-state index contributed by atoms with van der Waals surface area (Å²) in [5.74, 6) is 0.286. The summed E-state index contributed by atoms with van der Waals surface area (Å²) in [5, 5.41) is 9.79. The van der Waals surface area contributed by atoms with E-state index >= 15 is 0 Å². The van der Waals surface area contributed by atoms with Crippen LogP contribution in [0, 0.1) is 5.92 Å². The number of rotatable bonds is 3. The van der Waals surface area contributed by atoms with Gasteiger partial charge in [0.15, 0.2) is 0 Å². The molecule has 1 aliphatic carbocycles. The molecule has 6 nitrogen and oxygen atoms in total. The van der Waals surface area contributed by atoms with Gasteiger partial charge >= 0.3 is 0 Å². The van der Waals surface area contributed by atoms with Gasteiger partial charge in [-0.2, -0.15) is 0 Å². The van der Waals surface area contributed by atoms with Crippen molar-refractivity contribution in [2.45, 2.75) is 45.1 Å². The van der Waals surface area contributed by atoms with Crippen molar-refractivity contribution in [1.29, 1.82) is 0 Å². The number of hydrogen-bond donors (Lipinski definition) is 2. The third-order valence-electron chi connectivity index (χ3n) is 3.44. The van der Waals surface area contributed by atoms with Gasteiger partial charge in [-0.15, -0.1) is 0 Å². The SMILES string of the molecule is C[C@@H](NC(=O)c1nonc1N)C1CCCCC1. The average Bonchev–Trinajstić information content (AvgIpc) is 2.76. The topological polar surface area (TPSA) is 94.0 Å². The molecule has 1 saturated carbocycles. The van der Waals surface area contributed by atoms with E-state index < -0.39 is 0 Å². The maximum absolute atomic E-state index is 11.8. The van der Waals surface area contributed by atoms with Crippen LogP contribution in [0.15, 0.2) is 4.63 Å². The van der Waals surface area contributed by atoms with Gasteiger partial charge < -0.3 is 11.1 Å². The zero-order valence-corrected chi connectivity index (χ0v) is 9.98. The second-order valence-electron chi connectivity index (χ2n) is 4.66. The van der Waals surface area contributed by atoms with Gasteiger partial charge in [0.25, 0.3) is 5.91 Å². The van der Waals surface area contributed by atoms with Gasteiger partial charge in [-0.05, 0) is 36.0 Å². The highest BCUT2D eigenvalue weighted by Gasteiger charge is 2.24. The van der Waals surface area contributed by atoms with Crippen molar-refractivity contribution >= 4 is 11.7 Å². The lowest BCUT2D eigenvalue weighted by Crippen LogP contribution is -2.39. The molecule has 3 N–H and O–H groups in total. The van der Waals surface area contributed by atoms with Crippen LogP contribution in [0.2, 0.25) is 0 Å². The Labute approximate surface area is 99.9 Å². The molecule has 1 aromatic rings. The summed E-state index contributed by atoms with van der Waals surface area (Å²) in [7, 11) is 0. The van der Waals surface area contributed by atoms with Crippen LogP contribution in [-0.4, -0.2) is 22.3 Å². The minimum atomic E-state index is -0.304. The zero-order chi connectivity index (χ0) is 12.3. The lowest BCUT2D eigenvalue weighted by Gasteiger charge is -2.27. The number of nitrogens with two attached hydrogens (primary N) is 1. The van der Waals surface area contributed by atoms with Crippen LogP contribution in [0.4, 0.5) is 5.82 Å². The number of carbonyl (C=O) groups is 1. The normalized spacial score (nSPS) is 18.9. The standard InChI is InChI=1S/C11H18N4O2/c1-7(8-5-3-2-4-6-8)13-11(16)9-10(12)15-17-14-9/h7-8H,2-6H2,1H3,(H2,12,15)(H,13,16)/t7-/m1/s1. The van der Waals surface area contributed by atoms with E-state index in [1.807, 2.05) is 6.92 Å². The Bertz CT molecular complexity index is 385. The van der Waals surface area contributed by atoms with E-state index in [4.69, 9.17) is 5.73 Å². The van der Waals surface area contributed by atoms with Crippen LogP contribution in [-0.2, 0) is 0 Å². The molecule has 0 saturated heterocycles. The molecule has 0 radical (unpaired) electrons. The Morgan fingerprint density at radius 1 is 1.41 bits per heavy atom. The molecule has 0 aliphatic heterocycles. The molecule has 2 rings (SSSR count). The van der Waals surface area contributed by atoms with Crippen LogP contribution in [0.5, 0.6) is 0 Å². The molecule has 1 fully saturated rings. The van der Waals surface area contributed by atoms with Crippen LogP contribution in [0.1, 0.15) is 49.5 Å². The summed E-state index contributed by atoms with van der Waals surface area (Å²) >= 11 is 0. The lowest BCUT2D eigenvalue weighted by molar-refractivity contribution is 0.0910. The van der Waals surface area contributed by atoms with Gasteiger partial charge in [0.05, 0.1) is 0 Å². The molecule has 0 aromatic carbocycles. The fourth-order valence-electron chi connectivity index (χ4n) is 2.38. The number of anilines is 1. The average molecular weight is 238 g/mol. The monoisotopic (exact) mass is 238 g/mol. The van der Waals surface area contributed by atoms with E-state index in [0.717, 1.165) is 0 Å². The number of hydrogen-bond acceptors (Lipinski definition) is 5. The Hall–Kier alpha value is -1.59. The van der Waals surface area contributed by atoms with Gasteiger partial charge in [0, 0.05) is 6.04 Å². The van der Waals surface area contributed by atoms with Gasteiger partial charge in [0.2, 0.25) is 11.5 Å². The number of nitrogens with one attached hydrogen (secondary N) is 1. The molecule has 1 aromatic heterocycles. The van der Waals surface area contributed by atoms with Crippen molar-refractivity contribution in [3.63, 3.8) is 0 Å². The van der Waals surface area contributed by atoms with E-state index in [9.17, 15) is 4.79 Å². The van der Waals surface area contributed by atoms with Gasteiger partial charge in [-0.1, -0.05) is 19.3 Å². The van der Waals surface area contributed by atoms with Crippen LogP contribution in [0.25, 0.3) is 0 Å². The molecular formula is C11H18N4O2. The molecule has 1 heterocycles.